The van der Waals surface area contributed by atoms with Crippen LogP contribution in [-0.4, -0.2) is 54.5 Å². The highest BCUT2D eigenvalue weighted by Gasteiger charge is 2.24. The summed E-state index contributed by atoms with van der Waals surface area (Å²) in [7, 11) is 1.81. The summed E-state index contributed by atoms with van der Waals surface area (Å²) >= 11 is 0. The van der Waals surface area contributed by atoms with Gasteiger partial charge in [0, 0.05) is 55.7 Å². The van der Waals surface area contributed by atoms with Gasteiger partial charge in [-0.25, -0.2) is 0 Å². The van der Waals surface area contributed by atoms with Crippen molar-refractivity contribution in [3.05, 3.63) is 35.5 Å². The molecule has 3 rings (SSSR count). The van der Waals surface area contributed by atoms with E-state index in [2.05, 4.69) is 51.9 Å². The molecule has 1 aliphatic heterocycles. The highest BCUT2D eigenvalue weighted by Crippen LogP contribution is 2.22. The number of rotatable bonds is 6. The Morgan fingerprint density at radius 3 is 2.69 bits per heavy atom. The number of hydrogen-bond acceptors (Lipinski definition) is 2. The molecule has 1 fully saturated rings. The van der Waals surface area contributed by atoms with Gasteiger partial charge in [-0.2, -0.15) is 0 Å². The number of nitrogens with one attached hydrogen (secondary N) is 3. The molecule has 0 unspecified atom stereocenters. The Morgan fingerprint density at radius 2 is 2.03 bits per heavy atom. The molecule has 0 aliphatic carbocycles. The van der Waals surface area contributed by atoms with Crippen molar-refractivity contribution in [2.75, 3.05) is 26.7 Å². The Bertz CT molecular complexity index is 846. The number of aromatic nitrogens is 1. The fraction of sp³-hybridized carbons (Fsp3) is 0.565. The maximum Gasteiger partial charge on any atom is 0.225 e. The number of aliphatic imine (C=N–C) groups is 1. The van der Waals surface area contributed by atoms with Crippen LogP contribution in [0, 0.1) is 5.92 Å². The Labute approximate surface area is 174 Å². The lowest BCUT2D eigenvalue weighted by Gasteiger charge is -2.34. The van der Waals surface area contributed by atoms with E-state index >= 15 is 0 Å². The fourth-order valence-corrected chi connectivity index (χ4v) is 4.09. The van der Waals surface area contributed by atoms with Gasteiger partial charge in [-0.3, -0.25) is 9.79 Å². The number of amides is 1. The summed E-state index contributed by atoms with van der Waals surface area (Å²) in [6, 6.07) is 6.88. The van der Waals surface area contributed by atoms with Crippen LogP contribution in [0.25, 0.3) is 10.9 Å². The van der Waals surface area contributed by atoms with Crippen LogP contribution in [-0.2, 0) is 17.6 Å². The molecule has 0 saturated carbocycles. The predicted octanol–water partition coefficient (Wildman–Crippen LogP) is 3.08. The third kappa shape index (κ3) is 5.11. The molecule has 3 N–H and O–H groups in total. The molecule has 1 aromatic carbocycles. The van der Waals surface area contributed by atoms with Crippen LogP contribution >= 0.6 is 0 Å². The van der Waals surface area contributed by atoms with E-state index in [-0.39, 0.29) is 11.8 Å². The van der Waals surface area contributed by atoms with Gasteiger partial charge < -0.3 is 20.5 Å². The molecule has 29 heavy (non-hydrogen) atoms. The minimum absolute atomic E-state index is 0.0758. The second-order valence-corrected chi connectivity index (χ2v) is 8.15. The monoisotopic (exact) mass is 397 g/mol. The van der Waals surface area contributed by atoms with Crippen LogP contribution in [0.1, 0.15) is 44.7 Å². The van der Waals surface area contributed by atoms with E-state index in [4.69, 9.17) is 0 Å². The molecule has 6 heteroatoms. The number of carbonyl (C=O) groups is 1. The van der Waals surface area contributed by atoms with Crippen LogP contribution in [0.3, 0.4) is 0 Å². The van der Waals surface area contributed by atoms with Crippen molar-refractivity contribution in [2.24, 2.45) is 10.9 Å². The van der Waals surface area contributed by atoms with E-state index in [1.807, 2.05) is 25.8 Å². The van der Waals surface area contributed by atoms with Crippen molar-refractivity contribution in [2.45, 2.75) is 52.5 Å². The molecule has 0 radical (unpaired) electrons. The normalized spacial score (nSPS) is 15.9. The van der Waals surface area contributed by atoms with Crippen molar-refractivity contribution in [3.63, 3.8) is 0 Å². The zero-order valence-corrected chi connectivity index (χ0v) is 18.2. The van der Waals surface area contributed by atoms with Crippen molar-refractivity contribution in [1.29, 1.82) is 0 Å². The molecule has 2 heterocycles. The number of piperidine rings is 1. The van der Waals surface area contributed by atoms with Gasteiger partial charge >= 0.3 is 0 Å². The summed E-state index contributed by atoms with van der Waals surface area (Å²) in [4.78, 5) is 21.9. The molecular formula is C23H35N5O. The number of aryl methyl sites for hydroxylation is 1. The number of aromatic amines is 1. The van der Waals surface area contributed by atoms with Crippen molar-refractivity contribution < 1.29 is 4.79 Å². The van der Waals surface area contributed by atoms with Gasteiger partial charge in [0.05, 0.1) is 0 Å². The predicted molar refractivity (Wildman–Crippen MR) is 120 cm³/mol. The molecule has 158 valence electrons. The van der Waals surface area contributed by atoms with Gasteiger partial charge in [0.2, 0.25) is 5.91 Å². The van der Waals surface area contributed by atoms with Crippen LogP contribution in [0.5, 0.6) is 0 Å². The van der Waals surface area contributed by atoms with Gasteiger partial charge in [0.25, 0.3) is 0 Å². The van der Waals surface area contributed by atoms with Crippen LogP contribution in [0.15, 0.2) is 29.4 Å². The van der Waals surface area contributed by atoms with Gasteiger partial charge in [-0.15, -0.1) is 0 Å². The topological polar surface area (TPSA) is 72.5 Å². The van der Waals surface area contributed by atoms with Gasteiger partial charge in [-0.1, -0.05) is 39.0 Å². The van der Waals surface area contributed by atoms with E-state index < -0.39 is 0 Å². The first kappa shape index (κ1) is 21.2. The summed E-state index contributed by atoms with van der Waals surface area (Å²) in [6.07, 6.45) is 6.02. The Balaban J connectivity index is 1.48. The number of guanidine groups is 1. The molecule has 1 aromatic heterocycles. The third-order valence-corrected chi connectivity index (χ3v) is 5.82. The summed E-state index contributed by atoms with van der Waals surface area (Å²) in [5.41, 5.74) is 3.95. The Hall–Kier alpha value is -2.50. The van der Waals surface area contributed by atoms with E-state index in [9.17, 15) is 4.79 Å². The summed E-state index contributed by atoms with van der Waals surface area (Å²) in [5, 5.41) is 8.28. The summed E-state index contributed by atoms with van der Waals surface area (Å²) < 4.78 is 0. The standard InChI is InChI=1S/C23H35N5O/c1-5-17-7-6-8-20-18(15-26-21(17)20)9-12-25-23(24-4)27-19-10-13-28(14-11-19)22(29)16(2)3/h6-8,15-16,19,26H,5,9-14H2,1-4H3,(H2,24,25,27). The average molecular weight is 398 g/mol. The SMILES string of the molecule is CCc1cccc2c(CCNC(=NC)NC3CCN(C(=O)C(C)C)CC3)c[nH]c12. The lowest BCUT2D eigenvalue weighted by atomic mass is 10.0. The zero-order chi connectivity index (χ0) is 20.8. The number of hydrogen-bond donors (Lipinski definition) is 3. The quantitative estimate of drug-likeness (QED) is 0.518. The number of likely N-dealkylation sites (tertiary alicyclic amines) is 1. The van der Waals surface area contributed by atoms with Crippen LogP contribution in [0.2, 0.25) is 0 Å². The smallest absolute Gasteiger partial charge is 0.225 e. The van der Waals surface area contributed by atoms with E-state index in [1.54, 1.807) is 0 Å². The molecule has 0 spiro atoms. The minimum Gasteiger partial charge on any atom is -0.361 e. The van der Waals surface area contributed by atoms with Gasteiger partial charge in [0.1, 0.15) is 0 Å². The highest BCUT2D eigenvalue weighted by molar-refractivity contribution is 5.86. The molecule has 2 aromatic rings. The number of nitrogens with zero attached hydrogens (tertiary/aromatic N) is 2. The third-order valence-electron chi connectivity index (χ3n) is 5.82. The van der Waals surface area contributed by atoms with Gasteiger partial charge in [0.15, 0.2) is 5.96 Å². The summed E-state index contributed by atoms with van der Waals surface area (Å²) in [5.74, 6) is 1.18. The van der Waals surface area contributed by atoms with Gasteiger partial charge in [-0.05, 0) is 36.8 Å². The number of fused-ring (bicyclic) bond motifs is 1. The maximum absolute atomic E-state index is 12.1. The molecule has 0 atom stereocenters. The Morgan fingerprint density at radius 1 is 1.28 bits per heavy atom. The van der Waals surface area contributed by atoms with Crippen LogP contribution in [0.4, 0.5) is 0 Å². The fourth-order valence-electron chi connectivity index (χ4n) is 4.09. The lowest BCUT2D eigenvalue weighted by Crippen LogP contribution is -2.50. The molecule has 1 amide bonds. The van der Waals surface area contributed by atoms with Crippen molar-refractivity contribution in [1.82, 2.24) is 20.5 Å². The Kier molecular flexibility index (Phi) is 7.18. The highest BCUT2D eigenvalue weighted by atomic mass is 16.2. The second-order valence-electron chi connectivity index (χ2n) is 8.15. The van der Waals surface area contributed by atoms with Crippen LogP contribution < -0.4 is 10.6 Å². The summed E-state index contributed by atoms with van der Waals surface area (Å²) in [6.45, 7) is 8.59. The lowest BCUT2D eigenvalue weighted by molar-refractivity contribution is -0.135. The van der Waals surface area contributed by atoms with E-state index in [1.165, 1.54) is 22.0 Å². The minimum atomic E-state index is 0.0758. The molecule has 0 bridgehead atoms. The van der Waals surface area contributed by atoms with Crippen molar-refractivity contribution in [3.8, 4) is 0 Å². The molecule has 1 aliphatic rings. The zero-order valence-electron chi connectivity index (χ0n) is 18.2. The first-order valence-electron chi connectivity index (χ1n) is 10.9. The first-order chi connectivity index (χ1) is 14.0. The average Bonchev–Trinajstić information content (AvgIpc) is 3.16. The number of carbonyl (C=O) groups excluding carboxylic acids is 1. The number of para-hydroxylation sites is 1. The largest absolute Gasteiger partial charge is 0.361 e. The molecule has 6 nitrogen and oxygen atoms in total. The number of H-pyrrole nitrogens is 1. The van der Waals surface area contributed by atoms with E-state index in [0.29, 0.717) is 6.04 Å². The molecule has 1 saturated heterocycles. The maximum atomic E-state index is 12.1. The molecular weight excluding hydrogens is 362 g/mol. The first-order valence-corrected chi connectivity index (χ1v) is 10.9. The van der Waals surface area contributed by atoms with Crippen molar-refractivity contribution >= 4 is 22.8 Å². The van der Waals surface area contributed by atoms with E-state index in [0.717, 1.165) is 51.3 Å². The second kappa shape index (κ2) is 9.81. The number of benzene rings is 1.